The number of carbonyl (C=O) groups is 1. The molecular weight excluding hydrogens is 234 g/mol. The van der Waals surface area contributed by atoms with Crippen LogP contribution in [0.5, 0.6) is 0 Å². The van der Waals surface area contributed by atoms with Gasteiger partial charge in [0, 0.05) is 7.11 Å². The molecule has 1 fully saturated rings. The first-order valence-corrected chi connectivity index (χ1v) is 6.83. The van der Waals surface area contributed by atoms with Gasteiger partial charge in [-0.2, -0.15) is 0 Å². The zero-order valence-electron chi connectivity index (χ0n) is 9.49. The minimum absolute atomic E-state index is 0.0284. The van der Waals surface area contributed by atoms with Gasteiger partial charge in [-0.25, -0.2) is 13.2 Å². The standard InChI is InChI=1S/C9H17NO5S/c1-9(3-6-16(12,13)7-9)10-8(11)15-5-4-14-2/h3-7H2,1-2H3,(H,10,11)/t9-/m1/s1. The molecule has 0 spiro atoms. The van der Waals surface area contributed by atoms with Crippen LogP contribution in [0.15, 0.2) is 0 Å². The fourth-order valence-electron chi connectivity index (χ4n) is 1.61. The molecule has 1 atom stereocenters. The van der Waals surface area contributed by atoms with Gasteiger partial charge in [0.1, 0.15) is 6.61 Å². The van der Waals surface area contributed by atoms with Gasteiger partial charge in [0.05, 0.1) is 23.7 Å². The van der Waals surface area contributed by atoms with Crippen molar-refractivity contribution in [2.24, 2.45) is 0 Å². The van der Waals surface area contributed by atoms with Crippen LogP contribution >= 0.6 is 0 Å². The molecule has 0 unspecified atom stereocenters. The van der Waals surface area contributed by atoms with Crippen LogP contribution in [-0.2, 0) is 19.3 Å². The van der Waals surface area contributed by atoms with Crippen LogP contribution in [0.1, 0.15) is 13.3 Å². The van der Waals surface area contributed by atoms with E-state index in [9.17, 15) is 13.2 Å². The molecular formula is C9H17NO5S. The third kappa shape index (κ3) is 3.97. The smallest absolute Gasteiger partial charge is 0.407 e. The maximum absolute atomic E-state index is 11.3. The fraction of sp³-hybridized carbons (Fsp3) is 0.889. The van der Waals surface area contributed by atoms with Crippen molar-refractivity contribution >= 4 is 15.9 Å². The molecule has 0 aliphatic carbocycles. The van der Waals surface area contributed by atoms with E-state index in [4.69, 9.17) is 9.47 Å². The minimum atomic E-state index is -3.02. The van der Waals surface area contributed by atoms with Crippen molar-refractivity contribution in [2.75, 3.05) is 31.8 Å². The zero-order valence-corrected chi connectivity index (χ0v) is 10.3. The van der Waals surface area contributed by atoms with Crippen LogP contribution in [-0.4, -0.2) is 51.9 Å². The quantitative estimate of drug-likeness (QED) is 0.708. The highest BCUT2D eigenvalue weighted by Gasteiger charge is 2.39. The van der Waals surface area contributed by atoms with E-state index in [0.717, 1.165) is 0 Å². The Balaban J connectivity index is 2.39. The molecule has 1 N–H and O–H groups in total. The predicted molar refractivity (Wildman–Crippen MR) is 58.0 cm³/mol. The van der Waals surface area contributed by atoms with Crippen LogP contribution in [0.2, 0.25) is 0 Å². The third-order valence-corrected chi connectivity index (χ3v) is 4.33. The number of amides is 1. The molecule has 0 aromatic heterocycles. The summed E-state index contributed by atoms with van der Waals surface area (Å²) in [5.41, 5.74) is -0.705. The molecule has 0 saturated carbocycles. The first kappa shape index (κ1) is 13.2. The van der Waals surface area contributed by atoms with Crippen molar-refractivity contribution in [1.29, 1.82) is 0 Å². The average molecular weight is 251 g/mol. The lowest BCUT2D eigenvalue weighted by atomic mass is 10.0. The summed E-state index contributed by atoms with van der Waals surface area (Å²) in [5, 5.41) is 2.57. The molecule has 7 heteroatoms. The van der Waals surface area contributed by atoms with E-state index < -0.39 is 21.5 Å². The van der Waals surface area contributed by atoms with Crippen molar-refractivity contribution < 1.29 is 22.7 Å². The molecule has 1 aliphatic rings. The number of hydrogen-bond donors (Lipinski definition) is 1. The van der Waals surface area contributed by atoms with E-state index in [1.165, 1.54) is 7.11 Å². The molecule has 0 radical (unpaired) electrons. The Morgan fingerprint density at radius 3 is 2.62 bits per heavy atom. The van der Waals surface area contributed by atoms with Crippen molar-refractivity contribution in [2.45, 2.75) is 18.9 Å². The zero-order chi connectivity index (χ0) is 12.2. The topological polar surface area (TPSA) is 81.7 Å². The highest BCUT2D eigenvalue weighted by Crippen LogP contribution is 2.22. The Bertz CT molecular complexity index is 353. The van der Waals surface area contributed by atoms with Gasteiger partial charge in [0.25, 0.3) is 0 Å². The number of nitrogens with one attached hydrogen (secondary N) is 1. The highest BCUT2D eigenvalue weighted by atomic mass is 32.2. The lowest BCUT2D eigenvalue weighted by Gasteiger charge is -2.23. The lowest BCUT2D eigenvalue weighted by Crippen LogP contribution is -2.47. The SMILES string of the molecule is COCCOC(=O)N[C@]1(C)CCS(=O)(=O)C1. The van der Waals surface area contributed by atoms with Gasteiger partial charge >= 0.3 is 6.09 Å². The summed E-state index contributed by atoms with van der Waals surface area (Å²) >= 11 is 0. The summed E-state index contributed by atoms with van der Waals surface area (Å²) in [6.45, 7) is 2.18. The van der Waals surface area contributed by atoms with Gasteiger partial charge in [-0.3, -0.25) is 0 Å². The van der Waals surface area contributed by atoms with Crippen molar-refractivity contribution in [3.8, 4) is 0 Å². The molecule has 6 nitrogen and oxygen atoms in total. The summed E-state index contributed by atoms with van der Waals surface area (Å²) < 4.78 is 32.1. The number of hydrogen-bond acceptors (Lipinski definition) is 5. The predicted octanol–water partition coefficient (Wildman–Crippen LogP) is -0.0638. The van der Waals surface area contributed by atoms with Crippen molar-refractivity contribution in [3.05, 3.63) is 0 Å². The Kier molecular flexibility index (Phi) is 4.15. The lowest BCUT2D eigenvalue weighted by molar-refractivity contribution is 0.0935. The first-order chi connectivity index (χ1) is 7.37. The van der Waals surface area contributed by atoms with Gasteiger partial charge in [-0.15, -0.1) is 0 Å². The maximum Gasteiger partial charge on any atom is 0.407 e. The Labute approximate surface area is 95.2 Å². The molecule has 1 heterocycles. The molecule has 1 saturated heterocycles. The number of rotatable bonds is 4. The van der Waals surface area contributed by atoms with Crippen LogP contribution in [0.25, 0.3) is 0 Å². The van der Waals surface area contributed by atoms with Gasteiger partial charge < -0.3 is 14.8 Å². The molecule has 0 aromatic carbocycles. The van der Waals surface area contributed by atoms with E-state index in [1.54, 1.807) is 6.92 Å². The highest BCUT2D eigenvalue weighted by molar-refractivity contribution is 7.91. The molecule has 1 amide bonds. The van der Waals surface area contributed by atoms with E-state index in [0.29, 0.717) is 13.0 Å². The number of methoxy groups -OCH3 is 1. The van der Waals surface area contributed by atoms with E-state index in [2.05, 4.69) is 5.32 Å². The maximum atomic E-state index is 11.3. The summed E-state index contributed by atoms with van der Waals surface area (Å²) in [6, 6.07) is 0. The van der Waals surface area contributed by atoms with Gasteiger partial charge in [-0.1, -0.05) is 0 Å². The molecule has 1 rings (SSSR count). The Morgan fingerprint density at radius 1 is 1.44 bits per heavy atom. The second-order valence-electron chi connectivity index (χ2n) is 4.16. The second-order valence-corrected chi connectivity index (χ2v) is 6.34. The molecule has 16 heavy (non-hydrogen) atoms. The largest absolute Gasteiger partial charge is 0.447 e. The average Bonchev–Trinajstić information content (AvgIpc) is 2.40. The van der Waals surface area contributed by atoms with Gasteiger partial charge in [0.15, 0.2) is 9.84 Å². The van der Waals surface area contributed by atoms with E-state index >= 15 is 0 Å². The van der Waals surface area contributed by atoms with Gasteiger partial charge in [-0.05, 0) is 13.3 Å². The normalized spacial score (nSPS) is 27.6. The van der Waals surface area contributed by atoms with Crippen molar-refractivity contribution in [3.63, 3.8) is 0 Å². The van der Waals surface area contributed by atoms with Crippen molar-refractivity contribution in [1.82, 2.24) is 5.32 Å². The summed E-state index contributed by atoms with van der Waals surface area (Å²) in [5.74, 6) is 0.0846. The summed E-state index contributed by atoms with van der Waals surface area (Å²) in [6.07, 6.45) is -0.175. The van der Waals surface area contributed by atoms with Crippen LogP contribution in [0, 0.1) is 0 Å². The molecule has 1 aliphatic heterocycles. The van der Waals surface area contributed by atoms with E-state index in [1.807, 2.05) is 0 Å². The van der Waals surface area contributed by atoms with Gasteiger partial charge in [0.2, 0.25) is 0 Å². The Morgan fingerprint density at radius 2 is 2.12 bits per heavy atom. The molecule has 0 bridgehead atoms. The van der Waals surface area contributed by atoms with E-state index in [-0.39, 0.29) is 18.1 Å². The summed E-state index contributed by atoms with van der Waals surface area (Å²) in [4.78, 5) is 11.3. The number of ether oxygens (including phenoxy) is 2. The first-order valence-electron chi connectivity index (χ1n) is 5.01. The van der Waals surface area contributed by atoms with Crippen LogP contribution in [0.3, 0.4) is 0 Å². The second kappa shape index (κ2) is 5.01. The summed E-state index contributed by atoms with van der Waals surface area (Å²) in [7, 11) is -1.51. The Hall–Kier alpha value is -0.820. The molecule has 94 valence electrons. The van der Waals surface area contributed by atoms with Crippen LogP contribution in [0.4, 0.5) is 4.79 Å². The fourth-order valence-corrected chi connectivity index (χ4v) is 3.70. The molecule has 0 aromatic rings. The minimum Gasteiger partial charge on any atom is -0.447 e. The number of carbonyl (C=O) groups excluding carboxylic acids is 1. The number of alkyl carbamates (subject to hydrolysis) is 1. The third-order valence-electron chi connectivity index (χ3n) is 2.43. The van der Waals surface area contributed by atoms with Crippen LogP contribution < -0.4 is 5.32 Å². The number of sulfone groups is 1. The monoisotopic (exact) mass is 251 g/mol.